The van der Waals surface area contributed by atoms with Crippen molar-refractivity contribution in [2.45, 2.75) is 18.8 Å². The molecule has 0 spiro atoms. The number of methoxy groups -OCH3 is 2. The Bertz CT molecular complexity index is 2100. The van der Waals surface area contributed by atoms with Gasteiger partial charge in [-0.25, -0.2) is 19.4 Å². The van der Waals surface area contributed by atoms with Gasteiger partial charge in [0.05, 0.1) is 49.3 Å². The van der Waals surface area contributed by atoms with E-state index in [0.717, 1.165) is 34.1 Å². The minimum atomic E-state index is -1.41. The second kappa shape index (κ2) is 11.9. The van der Waals surface area contributed by atoms with Crippen molar-refractivity contribution in [1.82, 2.24) is 0 Å². The summed E-state index contributed by atoms with van der Waals surface area (Å²) in [7, 11) is 2.65. The smallest absolute Gasteiger partial charge is 0.339 e. The topological polar surface area (TPSA) is 229 Å². The van der Waals surface area contributed by atoms with Gasteiger partial charge in [0, 0.05) is 18.1 Å². The van der Waals surface area contributed by atoms with Gasteiger partial charge in [-0.1, -0.05) is 11.6 Å². The van der Waals surface area contributed by atoms with Crippen LogP contribution in [-0.2, 0) is 19.2 Å². The third-order valence-corrected chi connectivity index (χ3v) is 10.4. The van der Waals surface area contributed by atoms with E-state index in [1.54, 1.807) is 6.08 Å². The summed E-state index contributed by atoms with van der Waals surface area (Å²) in [6, 6.07) is 9.71. The molecule has 262 valence electrons. The van der Waals surface area contributed by atoms with E-state index in [1.165, 1.54) is 38.5 Å². The zero-order valence-electron chi connectivity index (χ0n) is 27.0. The summed E-state index contributed by atoms with van der Waals surface area (Å²) < 4.78 is 10.8. The van der Waals surface area contributed by atoms with Crippen LogP contribution < -0.4 is 19.3 Å². The van der Waals surface area contributed by atoms with Crippen LogP contribution in [0.1, 0.15) is 45.0 Å². The molecule has 1 saturated carbocycles. The Labute approximate surface area is 288 Å². The average Bonchev–Trinajstić information content (AvgIpc) is 3.50. The maximum absolute atomic E-state index is 14.4. The highest BCUT2D eigenvalue weighted by Crippen LogP contribution is 2.59. The number of aromatic carboxylic acids is 2. The summed E-state index contributed by atoms with van der Waals surface area (Å²) in [4.78, 5) is 81.5. The molecular weight excluding hydrogens is 668 g/mol. The Morgan fingerprint density at radius 1 is 0.667 bits per heavy atom. The van der Waals surface area contributed by atoms with Crippen LogP contribution in [0.15, 0.2) is 60.2 Å². The molecule has 3 aromatic rings. The lowest BCUT2D eigenvalue weighted by Crippen LogP contribution is -2.43. The highest BCUT2D eigenvalue weighted by molar-refractivity contribution is 6.24. The van der Waals surface area contributed by atoms with Crippen LogP contribution in [0.2, 0.25) is 0 Å². The number of carboxylic acid groups (broad SMARTS) is 2. The molecule has 51 heavy (non-hydrogen) atoms. The molecule has 6 atom stereocenters. The number of phenols is 3. The minimum Gasteiger partial charge on any atom is -0.507 e. The Balaban J connectivity index is 1.35. The standard InChI is InChI=1S/C36H30N2O13/c1-50-25-9-14(10-26(51-2)30(25)41)27-17-7-8-20-28(33(44)37(31(20)42)15-3-5-18(35(46)47)23(39)11-15)21(17)13-22-29(27)34(45)38(32(22)43)16-4-6-19(36(48)49)24(40)12-16/h3-7,9-12,20-22,27-29,39-41H,8,13H2,1-2H3,(H,46,47)(H,48,49)/t20-,21+,22+,27-,28-,29+/m0/s1. The molecular formula is C36H30N2O13. The van der Waals surface area contributed by atoms with Gasteiger partial charge in [-0.3, -0.25) is 19.2 Å². The van der Waals surface area contributed by atoms with Crippen molar-refractivity contribution in [2.75, 3.05) is 24.0 Å². The molecule has 0 bridgehead atoms. The van der Waals surface area contributed by atoms with E-state index in [1.807, 2.05) is 0 Å². The monoisotopic (exact) mass is 698 g/mol. The van der Waals surface area contributed by atoms with Gasteiger partial charge in [-0.2, -0.15) is 0 Å². The van der Waals surface area contributed by atoms with E-state index in [9.17, 15) is 54.3 Å². The molecule has 2 saturated heterocycles. The number of amides is 4. The van der Waals surface area contributed by atoms with E-state index in [0.29, 0.717) is 11.1 Å². The lowest BCUT2D eigenvalue weighted by Gasteiger charge is -2.44. The number of hydrogen-bond acceptors (Lipinski definition) is 11. The fourth-order valence-electron chi connectivity index (χ4n) is 8.25. The first-order valence-electron chi connectivity index (χ1n) is 15.8. The molecule has 2 aliphatic heterocycles. The zero-order chi connectivity index (χ0) is 36.6. The number of nitrogens with zero attached hydrogens (tertiary/aromatic N) is 2. The third-order valence-electron chi connectivity index (χ3n) is 10.4. The Hall–Kier alpha value is -6.38. The summed E-state index contributed by atoms with van der Waals surface area (Å²) in [5.74, 6) is -12.4. The predicted molar refractivity (Wildman–Crippen MR) is 174 cm³/mol. The second-order valence-electron chi connectivity index (χ2n) is 12.8. The van der Waals surface area contributed by atoms with E-state index in [-0.39, 0.29) is 41.5 Å². The third kappa shape index (κ3) is 4.87. The van der Waals surface area contributed by atoms with Crippen LogP contribution in [0.3, 0.4) is 0 Å². The van der Waals surface area contributed by atoms with Gasteiger partial charge in [0.25, 0.3) is 0 Å². The van der Waals surface area contributed by atoms with Crippen molar-refractivity contribution in [3.05, 3.63) is 76.9 Å². The Kier molecular flexibility index (Phi) is 7.73. The van der Waals surface area contributed by atoms with Gasteiger partial charge >= 0.3 is 11.9 Å². The lowest BCUT2D eigenvalue weighted by atomic mass is 9.57. The van der Waals surface area contributed by atoms with Crippen molar-refractivity contribution in [1.29, 1.82) is 0 Å². The van der Waals surface area contributed by atoms with Gasteiger partial charge < -0.3 is 35.0 Å². The predicted octanol–water partition coefficient (Wildman–Crippen LogP) is 3.26. The van der Waals surface area contributed by atoms with Crippen LogP contribution in [0.5, 0.6) is 28.7 Å². The van der Waals surface area contributed by atoms with Gasteiger partial charge in [0.1, 0.15) is 22.6 Å². The van der Waals surface area contributed by atoms with Crippen molar-refractivity contribution in [2.24, 2.45) is 29.6 Å². The molecule has 2 heterocycles. The highest BCUT2D eigenvalue weighted by Gasteiger charge is 2.62. The van der Waals surface area contributed by atoms with Crippen LogP contribution in [0, 0.1) is 29.6 Å². The molecule has 3 aromatic carbocycles. The van der Waals surface area contributed by atoms with Gasteiger partial charge in [-0.05, 0) is 60.7 Å². The number of anilines is 2. The van der Waals surface area contributed by atoms with Gasteiger partial charge in [0.2, 0.25) is 29.4 Å². The van der Waals surface area contributed by atoms with E-state index >= 15 is 0 Å². The highest BCUT2D eigenvalue weighted by atomic mass is 16.5. The molecule has 0 aromatic heterocycles. The van der Waals surface area contributed by atoms with Crippen molar-refractivity contribution >= 4 is 46.9 Å². The number of benzene rings is 3. The number of rotatable bonds is 7. The number of carbonyl (C=O) groups is 6. The van der Waals surface area contributed by atoms with Crippen LogP contribution in [0.4, 0.5) is 11.4 Å². The normalized spacial score (nSPS) is 25.3. The summed E-state index contributed by atoms with van der Waals surface area (Å²) in [6.45, 7) is 0. The van der Waals surface area contributed by atoms with Crippen LogP contribution in [-0.4, -0.2) is 75.3 Å². The van der Waals surface area contributed by atoms with Crippen LogP contribution >= 0.6 is 0 Å². The van der Waals surface area contributed by atoms with Crippen LogP contribution in [0.25, 0.3) is 0 Å². The maximum Gasteiger partial charge on any atom is 0.339 e. The molecule has 0 unspecified atom stereocenters. The largest absolute Gasteiger partial charge is 0.507 e. The number of allylic oxidation sites excluding steroid dienone is 2. The number of hydrogen-bond donors (Lipinski definition) is 5. The Morgan fingerprint density at radius 2 is 1.16 bits per heavy atom. The maximum atomic E-state index is 14.4. The molecule has 3 fully saturated rings. The van der Waals surface area contributed by atoms with Crippen molar-refractivity contribution in [3.8, 4) is 28.7 Å². The van der Waals surface area contributed by atoms with Gasteiger partial charge in [-0.15, -0.1) is 0 Å². The van der Waals surface area contributed by atoms with Gasteiger partial charge in [0.15, 0.2) is 11.5 Å². The summed E-state index contributed by atoms with van der Waals surface area (Å²) in [6.07, 6.45) is 1.86. The second-order valence-corrected chi connectivity index (χ2v) is 12.8. The number of carbonyl (C=O) groups excluding carboxylic acids is 4. The fraction of sp³-hybridized carbons (Fsp3) is 0.278. The SMILES string of the molecule is COc1cc([C@H]2C3=CC[C@@H]4C(=O)N(c5ccc(C(=O)O)c(O)c5)C(=O)[C@@H]4[C@@H]3C[C@H]3C(=O)N(c4ccc(C(=O)O)c(O)c4)C(=O)[C@@H]23)cc(OC)c1O. The molecule has 0 radical (unpaired) electrons. The first-order chi connectivity index (χ1) is 24.3. The number of fused-ring (bicyclic) bond motifs is 4. The number of ether oxygens (including phenoxy) is 2. The zero-order valence-corrected chi connectivity index (χ0v) is 27.0. The molecule has 5 N–H and O–H groups in total. The average molecular weight is 699 g/mol. The van der Waals surface area contributed by atoms with E-state index in [2.05, 4.69) is 0 Å². The Morgan fingerprint density at radius 3 is 1.63 bits per heavy atom. The minimum absolute atomic E-state index is 0.0167. The lowest BCUT2D eigenvalue weighted by molar-refractivity contribution is -0.126. The van der Waals surface area contributed by atoms with Crippen molar-refractivity contribution < 1.29 is 63.8 Å². The number of phenolic OH excluding ortho intramolecular Hbond substituents is 1. The summed E-state index contributed by atoms with van der Waals surface area (Å²) in [5.41, 5.74) is 0.0922. The molecule has 4 aliphatic rings. The quantitative estimate of drug-likeness (QED) is 0.177. The molecule has 4 amide bonds. The van der Waals surface area contributed by atoms with E-state index in [4.69, 9.17) is 9.47 Å². The molecule has 7 rings (SSSR count). The molecule has 15 nitrogen and oxygen atoms in total. The fourth-order valence-corrected chi connectivity index (χ4v) is 8.25. The van der Waals surface area contributed by atoms with E-state index < -0.39 is 93.7 Å². The molecule has 2 aliphatic carbocycles. The number of imide groups is 2. The summed E-state index contributed by atoms with van der Waals surface area (Å²) >= 11 is 0. The number of aromatic hydroxyl groups is 3. The first-order valence-corrected chi connectivity index (χ1v) is 15.8. The number of carboxylic acids is 2. The molecule has 15 heteroatoms. The summed E-state index contributed by atoms with van der Waals surface area (Å²) in [5, 5.41) is 50.2. The van der Waals surface area contributed by atoms with Crippen molar-refractivity contribution in [3.63, 3.8) is 0 Å². The first kappa shape index (κ1) is 33.1.